The van der Waals surface area contributed by atoms with Crippen LogP contribution in [-0.2, 0) is 19.4 Å². The molecule has 0 saturated heterocycles. The van der Waals surface area contributed by atoms with Gasteiger partial charge in [0.05, 0.1) is 22.9 Å². The Labute approximate surface area is 216 Å². The molecule has 0 aromatic heterocycles. The Kier molecular flexibility index (Phi) is 6.74. The lowest BCUT2D eigenvalue weighted by Gasteiger charge is -2.40. The predicted molar refractivity (Wildman–Crippen MR) is 140 cm³/mol. The molecule has 1 N–H and O–H groups in total. The first-order valence-corrected chi connectivity index (χ1v) is 13.8. The zero-order chi connectivity index (χ0) is 26.0. The molecular formula is C28H28N2O6S. The third-order valence-corrected chi connectivity index (χ3v) is 8.48. The van der Waals surface area contributed by atoms with E-state index in [0.29, 0.717) is 30.0 Å². The fraction of sp³-hybridized carbons (Fsp3) is 0.286. The highest BCUT2D eigenvalue weighted by Gasteiger charge is 2.58. The summed E-state index contributed by atoms with van der Waals surface area (Å²) in [6, 6.07) is 22.8. The maximum atomic E-state index is 13.8. The molecule has 3 aromatic rings. The number of likely N-dealkylation sites (N-methyl/N-ethyl adjacent to an activating group) is 1. The van der Waals surface area contributed by atoms with E-state index in [4.69, 9.17) is 19.6 Å². The average molecular weight is 521 g/mol. The number of hydrogen-bond donors (Lipinski definition) is 1. The van der Waals surface area contributed by atoms with Gasteiger partial charge in [-0.1, -0.05) is 36.4 Å². The van der Waals surface area contributed by atoms with Crippen molar-refractivity contribution in [3.8, 4) is 5.75 Å². The normalized spacial score (nSPS) is 20.6. The predicted octanol–water partition coefficient (Wildman–Crippen LogP) is 3.55. The molecule has 2 aliphatic rings. The van der Waals surface area contributed by atoms with Crippen molar-refractivity contribution in [1.82, 2.24) is 0 Å². The summed E-state index contributed by atoms with van der Waals surface area (Å²) in [5.74, 6) is 0.353. The summed E-state index contributed by atoms with van der Waals surface area (Å²) < 4.78 is 38.2. The molecule has 192 valence electrons. The molecule has 3 aromatic carbocycles. The van der Waals surface area contributed by atoms with E-state index in [1.165, 1.54) is 4.90 Å². The summed E-state index contributed by atoms with van der Waals surface area (Å²) in [6.45, 7) is 0.447. The Morgan fingerprint density at radius 3 is 2.46 bits per heavy atom. The number of para-hydroxylation sites is 1. The Hall–Kier alpha value is -3.69. The van der Waals surface area contributed by atoms with Crippen LogP contribution >= 0.6 is 0 Å². The van der Waals surface area contributed by atoms with Crippen LogP contribution < -0.4 is 9.64 Å². The summed E-state index contributed by atoms with van der Waals surface area (Å²) in [7, 11) is -1.97. The quantitative estimate of drug-likeness (QED) is 0.433. The van der Waals surface area contributed by atoms with Gasteiger partial charge in [0.25, 0.3) is 5.91 Å². The van der Waals surface area contributed by atoms with Crippen molar-refractivity contribution in [3.05, 3.63) is 90.0 Å². The molecular weight excluding hydrogens is 492 g/mol. The van der Waals surface area contributed by atoms with E-state index in [0.717, 1.165) is 5.56 Å². The monoisotopic (exact) mass is 520 g/mol. The number of aliphatic hydroxyl groups is 1. The van der Waals surface area contributed by atoms with Crippen LogP contribution in [0.4, 0.5) is 5.69 Å². The zero-order valence-corrected chi connectivity index (χ0v) is 21.2. The van der Waals surface area contributed by atoms with E-state index in [9.17, 15) is 13.2 Å². The Morgan fingerprint density at radius 2 is 1.73 bits per heavy atom. The molecule has 8 nitrogen and oxygen atoms in total. The summed E-state index contributed by atoms with van der Waals surface area (Å²) in [6.07, 6.45) is -0.255. The van der Waals surface area contributed by atoms with Gasteiger partial charge in [0, 0.05) is 37.6 Å². The van der Waals surface area contributed by atoms with Crippen molar-refractivity contribution < 1.29 is 27.8 Å². The summed E-state index contributed by atoms with van der Waals surface area (Å²) in [5.41, 5.74) is 0.728. The molecule has 2 heterocycles. The Balaban J connectivity index is 1.51. The Morgan fingerprint density at radius 1 is 1.03 bits per heavy atom. The van der Waals surface area contributed by atoms with Crippen LogP contribution in [0.3, 0.4) is 0 Å². The van der Waals surface area contributed by atoms with Crippen LogP contribution in [0.1, 0.15) is 30.1 Å². The van der Waals surface area contributed by atoms with Crippen LogP contribution in [0, 0.1) is 0 Å². The maximum Gasteiger partial charge on any atom is 0.259 e. The lowest BCUT2D eigenvalue weighted by atomic mass is 9.80. The first-order valence-electron chi connectivity index (χ1n) is 12.1. The van der Waals surface area contributed by atoms with Crippen molar-refractivity contribution in [2.24, 2.45) is 4.99 Å². The van der Waals surface area contributed by atoms with E-state index in [1.54, 1.807) is 61.6 Å². The Bertz CT molecular complexity index is 1420. The topological polar surface area (TPSA) is 106 Å². The average Bonchev–Trinajstić information content (AvgIpc) is 3.33. The zero-order valence-electron chi connectivity index (χ0n) is 20.4. The highest BCUT2D eigenvalue weighted by atomic mass is 32.2. The molecule has 0 unspecified atom stereocenters. The third-order valence-electron chi connectivity index (χ3n) is 6.75. The third kappa shape index (κ3) is 4.60. The van der Waals surface area contributed by atoms with Crippen LogP contribution in [0.15, 0.2) is 88.8 Å². The van der Waals surface area contributed by atoms with Crippen molar-refractivity contribution in [2.45, 2.75) is 29.4 Å². The fourth-order valence-corrected chi connectivity index (χ4v) is 6.17. The molecule has 2 atom stereocenters. The molecule has 2 aliphatic heterocycles. The lowest BCUT2D eigenvalue weighted by molar-refractivity contribution is -0.126. The highest BCUT2D eigenvalue weighted by molar-refractivity contribution is 7.91. The van der Waals surface area contributed by atoms with Gasteiger partial charge >= 0.3 is 0 Å². The second-order valence-corrected chi connectivity index (χ2v) is 11.2. The van der Waals surface area contributed by atoms with Crippen LogP contribution in [0.5, 0.6) is 5.75 Å². The van der Waals surface area contributed by atoms with Gasteiger partial charge in [-0.15, -0.1) is 0 Å². The van der Waals surface area contributed by atoms with Crippen molar-refractivity contribution >= 4 is 27.3 Å². The number of carbonyl (C=O) groups is 1. The number of ether oxygens (including phenoxy) is 2. The molecule has 37 heavy (non-hydrogen) atoms. The number of sulfone groups is 1. The molecule has 0 radical (unpaired) electrons. The maximum absolute atomic E-state index is 13.8. The second kappa shape index (κ2) is 9.99. The lowest BCUT2D eigenvalue weighted by Crippen LogP contribution is -2.53. The van der Waals surface area contributed by atoms with Gasteiger partial charge in [-0.3, -0.25) is 4.79 Å². The minimum atomic E-state index is -3.65. The van der Waals surface area contributed by atoms with Crippen molar-refractivity contribution in [1.29, 1.82) is 0 Å². The first-order chi connectivity index (χ1) is 17.9. The number of nitrogens with zero attached hydrogens (tertiary/aromatic N) is 2. The molecule has 0 saturated carbocycles. The van der Waals surface area contributed by atoms with Crippen LogP contribution in [0.25, 0.3) is 0 Å². The minimum Gasteiger partial charge on any atom is -0.494 e. The van der Waals surface area contributed by atoms with Crippen molar-refractivity contribution in [3.63, 3.8) is 0 Å². The van der Waals surface area contributed by atoms with Gasteiger partial charge < -0.3 is 19.5 Å². The highest BCUT2D eigenvalue weighted by Crippen LogP contribution is 2.50. The van der Waals surface area contributed by atoms with Crippen LogP contribution in [0.2, 0.25) is 0 Å². The second-order valence-electron chi connectivity index (χ2n) is 9.09. The van der Waals surface area contributed by atoms with Gasteiger partial charge in [-0.05, 0) is 42.5 Å². The summed E-state index contributed by atoms with van der Waals surface area (Å²) >= 11 is 0. The van der Waals surface area contributed by atoms with E-state index in [2.05, 4.69) is 0 Å². The van der Waals surface area contributed by atoms with Crippen LogP contribution in [-0.4, -0.2) is 56.9 Å². The van der Waals surface area contributed by atoms with E-state index in [1.807, 2.05) is 24.3 Å². The molecule has 0 bridgehead atoms. The molecule has 1 amide bonds. The number of benzene rings is 3. The smallest absolute Gasteiger partial charge is 0.259 e. The van der Waals surface area contributed by atoms with Gasteiger partial charge in [0.2, 0.25) is 5.90 Å². The SMILES string of the molecule is CN1C(=O)[C@]2(CCS(=O)(=O)c3ccccc3)N=C(c3ccc(OCCCO)cc3)O[C@@H]2c2ccccc21. The summed E-state index contributed by atoms with van der Waals surface area (Å²) in [5, 5.41) is 8.95. The molecule has 0 spiro atoms. The van der Waals surface area contributed by atoms with Gasteiger partial charge in [0.15, 0.2) is 21.5 Å². The number of fused-ring (bicyclic) bond motifs is 3. The molecule has 0 fully saturated rings. The van der Waals surface area contributed by atoms with Gasteiger partial charge in [-0.2, -0.15) is 0 Å². The standard InChI is InChI=1S/C28H28N2O6S/c1-30-24-11-6-5-10-23(24)25-28(27(30)32,16-19-37(33,34)22-8-3-2-4-9-22)29-26(36-25)20-12-14-21(15-13-20)35-18-7-17-31/h2-6,8-15,25,31H,7,16-19H2,1H3/t25-,28-/m1/s1. The number of anilines is 1. The molecule has 9 heteroatoms. The van der Waals surface area contributed by atoms with E-state index < -0.39 is 21.5 Å². The van der Waals surface area contributed by atoms with Crippen molar-refractivity contribution in [2.75, 3.05) is 30.9 Å². The number of aliphatic hydroxyl groups excluding tert-OH is 1. The largest absolute Gasteiger partial charge is 0.494 e. The number of amides is 1. The number of hydrogen-bond acceptors (Lipinski definition) is 7. The molecule has 0 aliphatic carbocycles. The minimum absolute atomic E-state index is 0.0295. The van der Waals surface area contributed by atoms with Gasteiger partial charge in [0.1, 0.15) is 5.75 Å². The van der Waals surface area contributed by atoms with Gasteiger partial charge in [-0.25, -0.2) is 13.4 Å². The number of carbonyl (C=O) groups excluding carboxylic acids is 1. The number of rotatable bonds is 9. The van der Waals surface area contributed by atoms with E-state index in [-0.39, 0.29) is 35.5 Å². The van der Waals surface area contributed by atoms with E-state index >= 15 is 0 Å². The summed E-state index contributed by atoms with van der Waals surface area (Å²) in [4.78, 5) is 20.4. The molecule has 5 rings (SSSR count). The fourth-order valence-electron chi connectivity index (χ4n) is 4.78. The number of aliphatic imine (C=N–C) groups is 1. The first kappa shape index (κ1) is 25.0.